The molecule has 0 aliphatic rings. The van der Waals surface area contributed by atoms with Crippen molar-refractivity contribution in [3.8, 4) is 0 Å². The Labute approximate surface area is 100 Å². The van der Waals surface area contributed by atoms with E-state index in [1.807, 2.05) is 6.92 Å². The molecule has 0 saturated carbocycles. The van der Waals surface area contributed by atoms with Crippen molar-refractivity contribution in [3.05, 3.63) is 34.9 Å². The first-order valence-electron chi connectivity index (χ1n) is 5.63. The number of aryl methyl sites for hydroxylation is 1. The molecule has 4 nitrogen and oxygen atoms in total. The van der Waals surface area contributed by atoms with Gasteiger partial charge in [-0.2, -0.15) is 0 Å². The van der Waals surface area contributed by atoms with Crippen LogP contribution in [0.25, 0.3) is 0 Å². The molecule has 0 heterocycles. The molecule has 0 fully saturated rings. The van der Waals surface area contributed by atoms with Gasteiger partial charge in [0.05, 0.1) is 17.7 Å². The molecule has 0 unspecified atom stereocenters. The van der Waals surface area contributed by atoms with Crippen LogP contribution >= 0.6 is 0 Å². The lowest BCUT2D eigenvalue weighted by atomic mass is 10.00. The summed E-state index contributed by atoms with van der Waals surface area (Å²) in [4.78, 5) is 22.5. The molecular formula is C13H16O4. The molecule has 1 rings (SSSR count). The molecule has 92 valence electrons. The van der Waals surface area contributed by atoms with E-state index in [4.69, 9.17) is 9.84 Å². The van der Waals surface area contributed by atoms with E-state index in [0.717, 1.165) is 12.0 Å². The number of hydrogen-bond donors (Lipinski definition) is 1. The van der Waals surface area contributed by atoms with E-state index < -0.39 is 11.9 Å². The Morgan fingerprint density at radius 3 is 2.53 bits per heavy atom. The summed E-state index contributed by atoms with van der Waals surface area (Å²) in [5, 5.41) is 8.89. The molecule has 4 heteroatoms. The second kappa shape index (κ2) is 6.03. The monoisotopic (exact) mass is 236 g/mol. The Bertz CT molecular complexity index is 423. The molecule has 1 aromatic carbocycles. The average Bonchev–Trinajstić information content (AvgIpc) is 2.29. The van der Waals surface area contributed by atoms with Crippen molar-refractivity contribution < 1.29 is 19.4 Å². The Balaban J connectivity index is 3.12. The van der Waals surface area contributed by atoms with Crippen LogP contribution in [0.2, 0.25) is 0 Å². The highest BCUT2D eigenvalue weighted by atomic mass is 16.5. The summed E-state index contributed by atoms with van der Waals surface area (Å²) in [5.41, 5.74) is 1.38. The third-order valence-electron chi connectivity index (χ3n) is 2.37. The summed E-state index contributed by atoms with van der Waals surface area (Å²) in [6.07, 6.45) is 1.50. The molecule has 0 amide bonds. The lowest BCUT2D eigenvalue weighted by Gasteiger charge is -2.08. The predicted molar refractivity (Wildman–Crippen MR) is 63.4 cm³/mol. The average molecular weight is 236 g/mol. The summed E-state index contributed by atoms with van der Waals surface area (Å²) < 4.78 is 4.93. The number of rotatable bonds is 5. The molecule has 0 aliphatic carbocycles. The van der Waals surface area contributed by atoms with E-state index in [2.05, 4.69) is 0 Å². The highest BCUT2D eigenvalue weighted by Crippen LogP contribution is 2.15. The minimum atomic E-state index is -0.988. The summed E-state index contributed by atoms with van der Waals surface area (Å²) >= 11 is 0. The number of carbonyl (C=O) groups is 2. The molecule has 0 spiro atoms. The molecule has 1 N–H and O–H groups in total. The summed E-state index contributed by atoms with van der Waals surface area (Å²) in [6.45, 7) is 4.02. The molecule has 0 bridgehead atoms. The van der Waals surface area contributed by atoms with Gasteiger partial charge in [0, 0.05) is 0 Å². The normalized spacial score (nSPS) is 10.0. The van der Waals surface area contributed by atoms with Gasteiger partial charge in [-0.05, 0) is 37.1 Å². The molecule has 0 aliphatic heterocycles. The van der Waals surface area contributed by atoms with E-state index in [0.29, 0.717) is 18.6 Å². The third-order valence-corrected chi connectivity index (χ3v) is 2.37. The van der Waals surface area contributed by atoms with Crippen LogP contribution in [0.3, 0.4) is 0 Å². The molecule has 1 aromatic rings. The van der Waals surface area contributed by atoms with Crippen molar-refractivity contribution in [2.45, 2.75) is 26.7 Å². The van der Waals surface area contributed by atoms with Gasteiger partial charge in [-0.1, -0.05) is 13.3 Å². The highest BCUT2D eigenvalue weighted by molar-refractivity contribution is 5.94. The zero-order chi connectivity index (χ0) is 12.8. The van der Waals surface area contributed by atoms with E-state index in [-0.39, 0.29) is 5.56 Å². The van der Waals surface area contributed by atoms with E-state index in [1.165, 1.54) is 18.2 Å². The number of ether oxygens (including phenoxy) is 1. The van der Waals surface area contributed by atoms with E-state index >= 15 is 0 Å². The largest absolute Gasteiger partial charge is 0.478 e. The zero-order valence-corrected chi connectivity index (χ0v) is 10.0. The standard InChI is InChI=1S/C13H16O4/c1-3-5-9-8-10(12(14)15)6-7-11(9)13(16)17-4-2/h6-8H,3-5H2,1-2H3,(H,14,15). The van der Waals surface area contributed by atoms with Crippen LogP contribution in [0, 0.1) is 0 Å². The minimum absolute atomic E-state index is 0.196. The van der Waals surface area contributed by atoms with Gasteiger partial charge in [0.15, 0.2) is 0 Å². The van der Waals surface area contributed by atoms with Crippen molar-refractivity contribution in [2.75, 3.05) is 6.61 Å². The van der Waals surface area contributed by atoms with Gasteiger partial charge in [-0.25, -0.2) is 9.59 Å². The number of carbonyl (C=O) groups excluding carboxylic acids is 1. The summed E-state index contributed by atoms with van der Waals surface area (Å²) in [5.74, 6) is -1.38. The fourth-order valence-corrected chi connectivity index (χ4v) is 1.61. The maximum absolute atomic E-state index is 11.7. The van der Waals surface area contributed by atoms with Gasteiger partial charge >= 0.3 is 11.9 Å². The second-order valence-electron chi connectivity index (χ2n) is 3.65. The van der Waals surface area contributed by atoms with Crippen LogP contribution in [0.1, 0.15) is 46.5 Å². The third kappa shape index (κ3) is 3.31. The first-order chi connectivity index (χ1) is 8.10. The van der Waals surface area contributed by atoms with Gasteiger partial charge in [-0.3, -0.25) is 0 Å². The van der Waals surface area contributed by atoms with Gasteiger partial charge in [0.25, 0.3) is 0 Å². The minimum Gasteiger partial charge on any atom is -0.478 e. The number of carboxylic acids is 1. The van der Waals surface area contributed by atoms with Crippen LogP contribution in [0.15, 0.2) is 18.2 Å². The number of esters is 1. The number of benzene rings is 1. The van der Waals surface area contributed by atoms with Crippen molar-refractivity contribution in [2.24, 2.45) is 0 Å². The maximum Gasteiger partial charge on any atom is 0.338 e. The summed E-state index contributed by atoms with van der Waals surface area (Å²) in [7, 11) is 0. The molecule has 0 radical (unpaired) electrons. The van der Waals surface area contributed by atoms with Crippen LogP contribution in [0.5, 0.6) is 0 Å². The molecule has 0 atom stereocenters. The maximum atomic E-state index is 11.7. The van der Waals surface area contributed by atoms with E-state index in [1.54, 1.807) is 6.92 Å². The van der Waals surface area contributed by atoms with E-state index in [9.17, 15) is 9.59 Å². The van der Waals surface area contributed by atoms with Gasteiger partial charge in [0.2, 0.25) is 0 Å². The molecule has 0 saturated heterocycles. The van der Waals surface area contributed by atoms with Crippen molar-refractivity contribution in [1.82, 2.24) is 0 Å². The number of carboxylic acid groups (broad SMARTS) is 1. The highest BCUT2D eigenvalue weighted by Gasteiger charge is 2.14. The smallest absolute Gasteiger partial charge is 0.338 e. The van der Waals surface area contributed by atoms with Crippen LogP contribution in [-0.4, -0.2) is 23.7 Å². The Morgan fingerprint density at radius 2 is 2.00 bits per heavy atom. The lowest BCUT2D eigenvalue weighted by Crippen LogP contribution is -2.09. The van der Waals surface area contributed by atoms with Gasteiger partial charge < -0.3 is 9.84 Å². The molecular weight excluding hydrogens is 220 g/mol. The topological polar surface area (TPSA) is 63.6 Å². The Hall–Kier alpha value is -1.84. The quantitative estimate of drug-likeness (QED) is 0.798. The number of hydrogen-bond acceptors (Lipinski definition) is 3. The van der Waals surface area contributed by atoms with Crippen molar-refractivity contribution in [1.29, 1.82) is 0 Å². The number of aromatic carboxylic acids is 1. The van der Waals surface area contributed by atoms with Crippen LogP contribution < -0.4 is 0 Å². The first kappa shape index (κ1) is 13.2. The Morgan fingerprint density at radius 1 is 1.29 bits per heavy atom. The lowest BCUT2D eigenvalue weighted by molar-refractivity contribution is 0.0523. The second-order valence-corrected chi connectivity index (χ2v) is 3.65. The molecule has 17 heavy (non-hydrogen) atoms. The molecule has 0 aromatic heterocycles. The van der Waals surface area contributed by atoms with Crippen molar-refractivity contribution in [3.63, 3.8) is 0 Å². The van der Waals surface area contributed by atoms with Gasteiger partial charge in [0.1, 0.15) is 0 Å². The fraction of sp³-hybridized carbons (Fsp3) is 0.385. The van der Waals surface area contributed by atoms with Gasteiger partial charge in [-0.15, -0.1) is 0 Å². The van der Waals surface area contributed by atoms with Crippen LogP contribution in [-0.2, 0) is 11.2 Å². The fourth-order valence-electron chi connectivity index (χ4n) is 1.61. The zero-order valence-electron chi connectivity index (χ0n) is 10.0. The van der Waals surface area contributed by atoms with Crippen molar-refractivity contribution >= 4 is 11.9 Å². The first-order valence-corrected chi connectivity index (χ1v) is 5.63. The predicted octanol–water partition coefficient (Wildman–Crippen LogP) is 2.51. The Kier molecular flexibility index (Phi) is 4.69. The SMILES string of the molecule is CCCc1cc(C(=O)O)ccc1C(=O)OCC. The van der Waals surface area contributed by atoms with Crippen LogP contribution in [0.4, 0.5) is 0 Å². The summed E-state index contributed by atoms with van der Waals surface area (Å²) in [6, 6.07) is 4.48.